The second-order valence-electron chi connectivity index (χ2n) is 3.27. The van der Waals surface area contributed by atoms with Gasteiger partial charge in [-0.3, -0.25) is 0 Å². The second-order valence-corrected chi connectivity index (χ2v) is 5.12. The van der Waals surface area contributed by atoms with Gasteiger partial charge in [-0.05, 0) is 12.1 Å². The first-order valence-corrected chi connectivity index (χ1v) is 5.74. The Morgan fingerprint density at radius 1 is 1.53 bits per heavy atom. The van der Waals surface area contributed by atoms with Gasteiger partial charge >= 0.3 is 0 Å². The molecule has 0 spiro atoms. The number of pyridine rings is 1. The monoisotopic (exact) mass is 232 g/mol. The number of halogens is 1. The number of nitrogens with zero attached hydrogens (tertiary/aromatic N) is 2. The first-order valence-electron chi connectivity index (χ1n) is 4.30. The van der Waals surface area contributed by atoms with Gasteiger partial charge in [-0.15, -0.1) is 0 Å². The summed E-state index contributed by atoms with van der Waals surface area (Å²) in [4.78, 5) is 3.49. The molecule has 1 fully saturated rings. The van der Waals surface area contributed by atoms with E-state index in [2.05, 4.69) is 4.98 Å². The Bertz CT molecular complexity index is 471. The molecule has 0 amide bonds. The smallest absolute Gasteiger partial charge is 0.263 e. The van der Waals surface area contributed by atoms with Crippen molar-refractivity contribution >= 4 is 10.0 Å². The Morgan fingerprint density at radius 3 is 2.73 bits per heavy atom. The van der Waals surface area contributed by atoms with Gasteiger partial charge in [-0.2, -0.15) is 4.31 Å². The van der Waals surface area contributed by atoms with Gasteiger partial charge in [0.15, 0.2) is 5.82 Å². The molecule has 0 atom stereocenters. The molecule has 1 saturated heterocycles. The van der Waals surface area contributed by atoms with Crippen molar-refractivity contribution in [2.75, 3.05) is 13.1 Å². The van der Waals surface area contributed by atoms with Crippen molar-refractivity contribution in [2.24, 2.45) is 0 Å². The third-order valence-electron chi connectivity index (χ3n) is 2.14. The molecule has 1 aromatic heterocycles. The van der Waals surface area contributed by atoms with Crippen molar-refractivity contribution in [1.82, 2.24) is 9.29 Å². The molecule has 0 unspecified atom stereocenters. The molecule has 2 heterocycles. The zero-order chi connectivity index (χ0) is 11.1. The van der Waals surface area contributed by atoms with E-state index >= 15 is 0 Å². The molecule has 5 nitrogen and oxygen atoms in total. The first kappa shape index (κ1) is 10.5. The number of hydrogen-bond donors (Lipinski definition) is 1. The minimum absolute atomic E-state index is 0.00164. The lowest BCUT2D eigenvalue weighted by Gasteiger charge is -2.34. The highest BCUT2D eigenvalue weighted by Gasteiger charge is 2.37. The lowest BCUT2D eigenvalue weighted by Crippen LogP contribution is -2.53. The van der Waals surface area contributed by atoms with E-state index in [-0.39, 0.29) is 13.1 Å². The van der Waals surface area contributed by atoms with E-state index in [9.17, 15) is 12.8 Å². The standard InChI is InChI=1S/C8H9FN2O3S/c9-7-2-1-3-10-8(7)15(13,14)11-4-6(12)5-11/h1-3,6,12H,4-5H2. The summed E-state index contributed by atoms with van der Waals surface area (Å²) in [5, 5.41) is 8.39. The van der Waals surface area contributed by atoms with Crippen LogP contribution >= 0.6 is 0 Å². The van der Waals surface area contributed by atoms with E-state index in [0.29, 0.717) is 0 Å². The van der Waals surface area contributed by atoms with Crippen LogP contribution in [-0.2, 0) is 10.0 Å². The Morgan fingerprint density at radius 2 is 2.20 bits per heavy atom. The normalized spacial score (nSPS) is 18.8. The van der Waals surface area contributed by atoms with Crippen molar-refractivity contribution in [3.63, 3.8) is 0 Å². The molecular formula is C8H9FN2O3S. The quantitative estimate of drug-likeness (QED) is 0.752. The summed E-state index contributed by atoms with van der Waals surface area (Å²) in [6, 6.07) is 2.36. The fraction of sp³-hybridized carbons (Fsp3) is 0.375. The van der Waals surface area contributed by atoms with Crippen LogP contribution in [0.2, 0.25) is 0 Å². The summed E-state index contributed by atoms with van der Waals surface area (Å²) in [6.07, 6.45) is 0.554. The van der Waals surface area contributed by atoms with Crippen LogP contribution in [0.4, 0.5) is 4.39 Å². The highest BCUT2D eigenvalue weighted by atomic mass is 32.2. The lowest BCUT2D eigenvalue weighted by molar-refractivity contribution is 0.0544. The van der Waals surface area contributed by atoms with Crippen LogP contribution < -0.4 is 0 Å². The van der Waals surface area contributed by atoms with Crippen LogP contribution in [0.5, 0.6) is 0 Å². The van der Waals surface area contributed by atoms with Crippen molar-refractivity contribution in [2.45, 2.75) is 11.1 Å². The molecule has 0 saturated carbocycles. The molecule has 1 aromatic rings. The molecule has 0 bridgehead atoms. The number of rotatable bonds is 2. The molecule has 15 heavy (non-hydrogen) atoms. The predicted molar refractivity (Wildman–Crippen MR) is 49.0 cm³/mol. The fourth-order valence-electron chi connectivity index (χ4n) is 1.30. The average Bonchev–Trinajstić information content (AvgIpc) is 2.13. The van der Waals surface area contributed by atoms with Crippen LogP contribution in [-0.4, -0.2) is 42.0 Å². The summed E-state index contributed by atoms with van der Waals surface area (Å²) >= 11 is 0. The molecule has 82 valence electrons. The van der Waals surface area contributed by atoms with Gasteiger partial charge in [-0.1, -0.05) is 0 Å². The van der Waals surface area contributed by atoms with Crippen LogP contribution in [0, 0.1) is 5.82 Å². The van der Waals surface area contributed by atoms with E-state index in [4.69, 9.17) is 5.11 Å². The van der Waals surface area contributed by atoms with Gasteiger partial charge < -0.3 is 5.11 Å². The Hall–Kier alpha value is -1.05. The third kappa shape index (κ3) is 1.73. The molecule has 7 heteroatoms. The van der Waals surface area contributed by atoms with Gasteiger partial charge in [0.25, 0.3) is 10.0 Å². The van der Waals surface area contributed by atoms with E-state index < -0.39 is 27.0 Å². The maximum atomic E-state index is 13.2. The molecular weight excluding hydrogens is 223 g/mol. The van der Waals surface area contributed by atoms with Crippen LogP contribution in [0.15, 0.2) is 23.4 Å². The molecule has 2 rings (SSSR count). The van der Waals surface area contributed by atoms with Crippen molar-refractivity contribution in [3.8, 4) is 0 Å². The average molecular weight is 232 g/mol. The third-order valence-corrected chi connectivity index (χ3v) is 3.90. The maximum Gasteiger partial charge on any atom is 0.263 e. The molecule has 1 aliphatic rings. The molecule has 1 N–H and O–H groups in total. The molecule has 0 aliphatic carbocycles. The zero-order valence-electron chi connectivity index (χ0n) is 7.67. The van der Waals surface area contributed by atoms with Crippen LogP contribution in [0.1, 0.15) is 0 Å². The van der Waals surface area contributed by atoms with E-state index in [1.165, 1.54) is 12.3 Å². The summed E-state index contributed by atoms with van der Waals surface area (Å²) in [5.74, 6) is -0.876. The Balaban J connectivity index is 2.35. The Kier molecular flexibility index (Phi) is 2.45. The highest BCUT2D eigenvalue weighted by Crippen LogP contribution is 2.21. The molecule has 0 radical (unpaired) electrons. The number of aliphatic hydroxyl groups is 1. The summed E-state index contributed by atoms with van der Waals surface area (Å²) in [7, 11) is -3.88. The van der Waals surface area contributed by atoms with Crippen molar-refractivity contribution in [3.05, 3.63) is 24.1 Å². The van der Waals surface area contributed by atoms with Gasteiger partial charge in [0.2, 0.25) is 5.03 Å². The summed E-state index contributed by atoms with van der Waals surface area (Å²) in [6.45, 7) is -0.00328. The van der Waals surface area contributed by atoms with E-state index in [0.717, 1.165) is 10.4 Å². The summed E-state index contributed by atoms with van der Waals surface area (Å²) in [5.41, 5.74) is 0. The molecule has 1 aliphatic heterocycles. The number of sulfonamides is 1. The second kappa shape index (κ2) is 3.51. The van der Waals surface area contributed by atoms with Crippen LogP contribution in [0.25, 0.3) is 0 Å². The number of aromatic nitrogens is 1. The fourth-order valence-corrected chi connectivity index (χ4v) is 2.79. The van der Waals surface area contributed by atoms with Gasteiger partial charge in [0.1, 0.15) is 0 Å². The van der Waals surface area contributed by atoms with Crippen molar-refractivity contribution in [1.29, 1.82) is 0 Å². The van der Waals surface area contributed by atoms with E-state index in [1.807, 2.05) is 0 Å². The first-order chi connectivity index (χ1) is 7.01. The lowest BCUT2D eigenvalue weighted by atomic mass is 10.2. The zero-order valence-corrected chi connectivity index (χ0v) is 8.48. The largest absolute Gasteiger partial charge is 0.390 e. The predicted octanol–water partition coefficient (Wildman–Crippen LogP) is -0.414. The molecule has 0 aromatic carbocycles. The van der Waals surface area contributed by atoms with Gasteiger partial charge in [-0.25, -0.2) is 17.8 Å². The minimum atomic E-state index is -3.88. The highest BCUT2D eigenvalue weighted by molar-refractivity contribution is 7.89. The van der Waals surface area contributed by atoms with Crippen LogP contribution in [0.3, 0.4) is 0 Å². The van der Waals surface area contributed by atoms with Gasteiger partial charge in [0.05, 0.1) is 6.10 Å². The number of aliphatic hydroxyl groups excluding tert-OH is 1. The van der Waals surface area contributed by atoms with E-state index in [1.54, 1.807) is 0 Å². The maximum absolute atomic E-state index is 13.2. The Labute approximate surface area is 86.2 Å². The summed E-state index contributed by atoms with van der Waals surface area (Å²) < 4.78 is 37.5. The van der Waals surface area contributed by atoms with Gasteiger partial charge in [0, 0.05) is 19.3 Å². The minimum Gasteiger partial charge on any atom is -0.390 e. The topological polar surface area (TPSA) is 70.5 Å². The number of β-amino-alcohol motifs (C(OH)–C–C–N with tert-alkyl or cyclic N) is 1. The van der Waals surface area contributed by atoms with Crippen molar-refractivity contribution < 1.29 is 17.9 Å². The number of hydrogen-bond acceptors (Lipinski definition) is 4. The SMILES string of the molecule is O=S(=O)(c1ncccc1F)N1CC(O)C1.